The molecule has 0 aliphatic carbocycles. The molecule has 1 aliphatic rings. The van der Waals surface area contributed by atoms with Gasteiger partial charge in [0, 0.05) is 13.1 Å². The van der Waals surface area contributed by atoms with Gasteiger partial charge in [0.15, 0.2) is 0 Å². The molecule has 11 heavy (non-hydrogen) atoms. The lowest BCUT2D eigenvalue weighted by Gasteiger charge is -2.02. The second kappa shape index (κ2) is 2.74. The van der Waals surface area contributed by atoms with Crippen molar-refractivity contribution in [2.24, 2.45) is 4.99 Å². The number of rotatable bonds is 1. The average Bonchev–Trinajstić information content (AvgIpc) is 2.19. The molecule has 0 bridgehead atoms. The second-order valence-corrected chi connectivity index (χ2v) is 2.12. The van der Waals surface area contributed by atoms with E-state index in [4.69, 9.17) is 0 Å². The summed E-state index contributed by atoms with van der Waals surface area (Å²) in [7, 11) is 1.38. The number of hydrogen-bond acceptors (Lipinski definition) is 4. The fourth-order valence-electron chi connectivity index (χ4n) is 0.677. The summed E-state index contributed by atoms with van der Waals surface area (Å²) in [6.07, 6.45) is 1.13. The van der Waals surface area contributed by atoms with E-state index in [1.807, 2.05) is 5.16 Å². The van der Waals surface area contributed by atoms with Crippen LogP contribution in [0.4, 0.5) is 0 Å². The van der Waals surface area contributed by atoms with Crippen molar-refractivity contribution in [1.29, 1.82) is 0 Å². The number of aliphatic imine (C=N–C) groups is 1. The average molecular weight is 168 g/mol. The van der Waals surface area contributed by atoms with Gasteiger partial charge in [-0.1, -0.05) is 0 Å². The van der Waals surface area contributed by atoms with Crippen molar-refractivity contribution in [3.05, 3.63) is 11.8 Å². The number of hydrogen-bond donors (Lipinski definition) is 0. The lowest BCUT2D eigenvalue weighted by Crippen LogP contribution is -2.25. The van der Waals surface area contributed by atoms with E-state index >= 15 is 0 Å². The standard InChI is InChI=1S/C6H4N2O2S/c1-8-5(9)2-4(6(8)10)7-3-11/h2H,1H3. The molecular weight excluding hydrogens is 164 g/mol. The summed E-state index contributed by atoms with van der Waals surface area (Å²) < 4.78 is 0. The molecule has 0 unspecified atom stereocenters. The minimum atomic E-state index is -0.438. The maximum absolute atomic E-state index is 11.0. The molecule has 0 aromatic heterocycles. The Morgan fingerprint density at radius 1 is 1.64 bits per heavy atom. The van der Waals surface area contributed by atoms with Crippen LogP contribution in [0.5, 0.6) is 0 Å². The van der Waals surface area contributed by atoms with Crippen molar-refractivity contribution in [2.45, 2.75) is 0 Å². The smallest absolute Gasteiger partial charge is 0.277 e. The number of nitrogens with zero attached hydrogens (tertiary/aromatic N) is 2. The van der Waals surface area contributed by atoms with Gasteiger partial charge < -0.3 is 0 Å². The summed E-state index contributed by atoms with van der Waals surface area (Å²) in [6.45, 7) is 0. The molecule has 56 valence electrons. The number of carbonyl (C=O) groups is 2. The van der Waals surface area contributed by atoms with E-state index < -0.39 is 5.91 Å². The van der Waals surface area contributed by atoms with Crippen LogP contribution in [-0.2, 0) is 9.59 Å². The Hall–Kier alpha value is -1.32. The number of imide groups is 1. The Balaban J connectivity index is 3.01. The van der Waals surface area contributed by atoms with Crippen molar-refractivity contribution < 1.29 is 9.59 Å². The number of amides is 2. The van der Waals surface area contributed by atoms with Gasteiger partial charge in [0.2, 0.25) is 0 Å². The molecule has 1 aliphatic heterocycles. The molecule has 0 saturated heterocycles. The molecule has 0 atom stereocenters. The Bertz CT molecular complexity index is 302. The Morgan fingerprint density at radius 3 is 2.64 bits per heavy atom. The van der Waals surface area contributed by atoms with Crippen LogP contribution in [0, 0.1) is 0 Å². The van der Waals surface area contributed by atoms with Crippen LogP contribution < -0.4 is 0 Å². The van der Waals surface area contributed by atoms with Gasteiger partial charge in [-0.2, -0.15) is 4.99 Å². The Labute approximate surface area is 68.2 Å². The van der Waals surface area contributed by atoms with Gasteiger partial charge in [-0.3, -0.25) is 14.5 Å². The summed E-state index contributed by atoms with van der Waals surface area (Å²) in [4.78, 5) is 26.1. The summed E-state index contributed by atoms with van der Waals surface area (Å²) in [5.41, 5.74) is 0.0486. The summed E-state index contributed by atoms with van der Waals surface area (Å²) >= 11 is 4.28. The Morgan fingerprint density at radius 2 is 2.27 bits per heavy atom. The van der Waals surface area contributed by atoms with Crippen molar-refractivity contribution in [3.63, 3.8) is 0 Å². The topological polar surface area (TPSA) is 49.7 Å². The number of isothiocyanates is 1. The fraction of sp³-hybridized carbons (Fsp3) is 0.167. The van der Waals surface area contributed by atoms with E-state index in [1.165, 1.54) is 7.05 Å². The van der Waals surface area contributed by atoms with Gasteiger partial charge in [-0.05, 0) is 12.2 Å². The number of thiocarbonyl (C=S) groups is 1. The first-order valence-electron chi connectivity index (χ1n) is 2.78. The van der Waals surface area contributed by atoms with E-state index in [2.05, 4.69) is 17.2 Å². The van der Waals surface area contributed by atoms with E-state index in [0.717, 1.165) is 11.0 Å². The molecule has 0 aromatic rings. The van der Waals surface area contributed by atoms with E-state index in [1.54, 1.807) is 0 Å². The quantitative estimate of drug-likeness (QED) is 0.314. The minimum absolute atomic E-state index is 0.0486. The van der Waals surface area contributed by atoms with Gasteiger partial charge in [-0.25, -0.2) is 0 Å². The molecule has 1 heterocycles. The molecule has 1 rings (SSSR count). The van der Waals surface area contributed by atoms with Crippen molar-refractivity contribution >= 4 is 29.2 Å². The van der Waals surface area contributed by atoms with E-state index in [9.17, 15) is 9.59 Å². The molecule has 5 heteroatoms. The summed E-state index contributed by atoms with van der Waals surface area (Å²) in [5, 5.41) is 2.02. The van der Waals surface area contributed by atoms with Crippen LogP contribution in [0.15, 0.2) is 16.8 Å². The van der Waals surface area contributed by atoms with Crippen LogP contribution in [0.2, 0.25) is 0 Å². The van der Waals surface area contributed by atoms with Gasteiger partial charge in [-0.15, -0.1) is 0 Å². The lowest BCUT2D eigenvalue weighted by molar-refractivity contribution is -0.135. The van der Waals surface area contributed by atoms with Gasteiger partial charge in [0.1, 0.15) is 5.70 Å². The normalized spacial score (nSPS) is 16.5. The van der Waals surface area contributed by atoms with Crippen LogP contribution in [0.3, 0.4) is 0 Å². The van der Waals surface area contributed by atoms with Crippen LogP contribution in [-0.4, -0.2) is 28.9 Å². The highest BCUT2D eigenvalue weighted by atomic mass is 32.1. The summed E-state index contributed by atoms with van der Waals surface area (Å²) in [5.74, 6) is -0.814. The predicted molar refractivity (Wildman–Crippen MR) is 40.9 cm³/mol. The van der Waals surface area contributed by atoms with Crippen molar-refractivity contribution in [1.82, 2.24) is 4.90 Å². The zero-order valence-electron chi connectivity index (χ0n) is 5.70. The maximum atomic E-state index is 11.0. The largest absolute Gasteiger partial charge is 0.280 e. The first-order chi connectivity index (χ1) is 5.16. The highest BCUT2D eigenvalue weighted by Crippen LogP contribution is 2.10. The van der Waals surface area contributed by atoms with Crippen LogP contribution in [0.25, 0.3) is 0 Å². The molecule has 0 saturated carbocycles. The van der Waals surface area contributed by atoms with Gasteiger partial charge in [0.25, 0.3) is 11.8 Å². The van der Waals surface area contributed by atoms with Gasteiger partial charge >= 0.3 is 0 Å². The predicted octanol–water partition coefficient (Wildman–Crippen LogP) is -0.0283. The van der Waals surface area contributed by atoms with Crippen LogP contribution in [0.1, 0.15) is 0 Å². The molecule has 0 spiro atoms. The monoisotopic (exact) mass is 168 g/mol. The minimum Gasteiger partial charge on any atom is -0.277 e. The van der Waals surface area contributed by atoms with E-state index in [0.29, 0.717) is 0 Å². The van der Waals surface area contributed by atoms with Crippen molar-refractivity contribution in [3.8, 4) is 0 Å². The molecule has 0 radical (unpaired) electrons. The molecule has 0 N–H and O–H groups in total. The maximum Gasteiger partial charge on any atom is 0.280 e. The van der Waals surface area contributed by atoms with E-state index in [-0.39, 0.29) is 11.6 Å². The molecule has 0 aromatic carbocycles. The Kier molecular flexibility index (Phi) is 1.94. The van der Waals surface area contributed by atoms with Crippen molar-refractivity contribution in [2.75, 3.05) is 7.05 Å². The first-order valence-corrected chi connectivity index (χ1v) is 3.19. The third-order valence-electron chi connectivity index (χ3n) is 1.28. The third kappa shape index (κ3) is 1.24. The molecule has 0 fully saturated rings. The van der Waals surface area contributed by atoms with Crippen LogP contribution >= 0.6 is 12.2 Å². The fourth-order valence-corrected chi connectivity index (χ4v) is 0.775. The highest BCUT2D eigenvalue weighted by molar-refractivity contribution is 7.78. The number of carbonyl (C=O) groups excluding carboxylic acids is 2. The second-order valence-electron chi connectivity index (χ2n) is 1.94. The number of likely N-dealkylation sites (N-methyl/N-ethyl adjacent to an activating group) is 1. The zero-order valence-corrected chi connectivity index (χ0v) is 6.51. The molecule has 4 nitrogen and oxygen atoms in total. The summed E-state index contributed by atoms with van der Waals surface area (Å²) in [6, 6.07) is 0. The molecule has 2 amide bonds. The first kappa shape index (κ1) is 7.78. The molecular formula is C6H4N2O2S. The van der Waals surface area contributed by atoms with Gasteiger partial charge in [0.05, 0.1) is 5.16 Å². The third-order valence-corrected chi connectivity index (χ3v) is 1.37. The lowest BCUT2D eigenvalue weighted by atomic mass is 10.4. The SMILES string of the molecule is CN1C(=O)C=C(N=C=S)C1=O. The zero-order chi connectivity index (χ0) is 8.43. The highest BCUT2D eigenvalue weighted by Gasteiger charge is 2.26.